The molecule has 0 aliphatic heterocycles. The molecule has 1 unspecified atom stereocenters. The zero-order chi connectivity index (χ0) is 7.07. The van der Waals surface area contributed by atoms with Crippen molar-refractivity contribution in [2.45, 2.75) is 27.2 Å². The van der Waals surface area contributed by atoms with E-state index in [4.69, 9.17) is 5.73 Å². The fourth-order valence-corrected chi connectivity index (χ4v) is 1.68. The van der Waals surface area contributed by atoms with Crippen LogP contribution in [-0.4, -0.2) is 6.54 Å². The molecular formula is C8H17N. The summed E-state index contributed by atoms with van der Waals surface area (Å²) in [5.74, 6) is 1.67. The molecule has 0 bridgehead atoms. The lowest BCUT2D eigenvalue weighted by Gasteiger charge is -2.50. The van der Waals surface area contributed by atoms with Crippen LogP contribution in [0.25, 0.3) is 0 Å². The monoisotopic (exact) mass is 127 g/mol. The molecule has 9 heavy (non-hydrogen) atoms. The molecular weight excluding hydrogens is 110 g/mol. The predicted molar refractivity (Wildman–Crippen MR) is 40.1 cm³/mol. The summed E-state index contributed by atoms with van der Waals surface area (Å²) in [7, 11) is 0. The minimum atomic E-state index is 0.523. The fraction of sp³-hybridized carbons (Fsp3) is 1.00. The van der Waals surface area contributed by atoms with Gasteiger partial charge in [-0.15, -0.1) is 0 Å². The fourth-order valence-electron chi connectivity index (χ4n) is 1.68. The Morgan fingerprint density at radius 3 is 2.22 bits per heavy atom. The van der Waals surface area contributed by atoms with Crippen molar-refractivity contribution in [3.63, 3.8) is 0 Å². The topological polar surface area (TPSA) is 26.0 Å². The van der Waals surface area contributed by atoms with Crippen molar-refractivity contribution in [2.24, 2.45) is 23.0 Å². The van der Waals surface area contributed by atoms with Crippen molar-refractivity contribution in [1.29, 1.82) is 0 Å². The molecule has 1 saturated carbocycles. The Labute approximate surface area is 57.6 Å². The number of nitrogens with two attached hydrogens (primary N) is 1. The van der Waals surface area contributed by atoms with Gasteiger partial charge in [0.05, 0.1) is 0 Å². The normalized spacial score (nSPS) is 40.0. The summed E-state index contributed by atoms with van der Waals surface area (Å²) in [5.41, 5.74) is 6.09. The highest BCUT2D eigenvalue weighted by Crippen LogP contribution is 2.50. The maximum absolute atomic E-state index is 5.57. The number of hydrogen-bond donors (Lipinski definition) is 1. The van der Waals surface area contributed by atoms with Crippen LogP contribution in [0.5, 0.6) is 0 Å². The lowest BCUT2D eigenvalue weighted by Crippen LogP contribution is -2.46. The van der Waals surface area contributed by atoms with Crippen molar-refractivity contribution in [3.8, 4) is 0 Å². The first-order chi connectivity index (χ1) is 4.09. The molecule has 54 valence electrons. The van der Waals surface area contributed by atoms with Crippen LogP contribution in [-0.2, 0) is 0 Å². The summed E-state index contributed by atoms with van der Waals surface area (Å²) < 4.78 is 0. The highest BCUT2D eigenvalue weighted by Gasteiger charge is 2.43. The van der Waals surface area contributed by atoms with Gasteiger partial charge in [-0.3, -0.25) is 0 Å². The van der Waals surface area contributed by atoms with Gasteiger partial charge < -0.3 is 5.73 Å². The summed E-state index contributed by atoms with van der Waals surface area (Å²) in [6, 6.07) is 0. The molecule has 2 N–H and O–H groups in total. The standard InChI is InChI=1S/C8H17N/c1-6-4-7(5-9)8(6,2)3/h6-7H,4-5,9H2,1-3H3/t6-,7?/m1/s1. The maximum atomic E-state index is 5.57. The SMILES string of the molecule is C[C@@H]1CC(CN)C1(C)C. The van der Waals surface area contributed by atoms with Crippen molar-refractivity contribution >= 4 is 0 Å². The second-order valence-corrected chi connectivity index (χ2v) is 3.89. The first-order valence-corrected chi connectivity index (χ1v) is 3.79. The van der Waals surface area contributed by atoms with Crippen LogP contribution in [0.2, 0.25) is 0 Å². The second-order valence-electron chi connectivity index (χ2n) is 3.89. The maximum Gasteiger partial charge on any atom is -0.00436 e. The molecule has 0 aromatic rings. The van der Waals surface area contributed by atoms with Crippen LogP contribution in [0.4, 0.5) is 0 Å². The van der Waals surface area contributed by atoms with Crippen LogP contribution in [0.15, 0.2) is 0 Å². The highest BCUT2D eigenvalue weighted by molar-refractivity contribution is 4.94. The van der Waals surface area contributed by atoms with Gasteiger partial charge in [0.2, 0.25) is 0 Å². The van der Waals surface area contributed by atoms with E-state index >= 15 is 0 Å². The van der Waals surface area contributed by atoms with Crippen LogP contribution >= 0.6 is 0 Å². The zero-order valence-electron chi connectivity index (χ0n) is 6.65. The van der Waals surface area contributed by atoms with Gasteiger partial charge in [0.25, 0.3) is 0 Å². The van der Waals surface area contributed by atoms with E-state index in [-0.39, 0.29) is 0 Å². The summed E-state index contributed by atoms with van der Waals surface area (Å²) in [6.45, 7) is 7.82. The van der Waals surface area contributed by atoms with Gasteiger partial charge in [-0.2, -0.15) is 0 Å². The van der Waals surface area contributed by atoms with Gasteiger partial charge in [0.15, 0.2) is 0 Å². The van der Waals surface area contributed by atoms with Crippen molar-refractivity contribution in [2.75, 3.05) is 6.54 Å². The third kappa shape index (κ3) is 0.877. The molecule has 1 aliphatic carbocycles. The van der Waals surface area contributed by atoms with Gasteiger partial charge in [-0.05, 0) is 30.2 Å². The summed E-state index contributed by atoms with van der Waals surface area (Å²) in [5, 5.41) is 0. The quantitative estimate of drug-likeness (QED) is 0.569. The third-order valence-corrected chi connectivity index (χ3v) is 3.24. The Morgan fingerprint density at radius 2 is 2.11 bits per heavy atom. The average molecular weight is 127 g/mol. The number of hydrogen-bond acceptors (Lipinski definition) is 1. The van der Waals surface area contributed by atoms with Crippen molar-refractivity contribution < 1.29 is 0 Å². The molecule has 2 atom stereocenters. The molecule has 1 aliphatic rings. The summed E-state index contributed by atoms with van der Waals surface area (Å²) >= 11 is 0. The van der Waals surface area contributed by atoms with Gasteiger partial charge in [-0.25, -0.2) is 0 Å². The molecule has 0 aromatic heterocycles. The zero-order valence-corrected chi connectivity index (χ0v) is 6.65. The van der Waals surface area contributed by atoms with E-state index in [2.05, 4.69) is 20.8 Å². The first-order valence-electron chi connectivity index (χ1n) is 3.79. The van der Waals surface area contributed by atoms with E-state index in [1.165, 1.54) is 6.42 Å². The van der Waals surface area contributed by atoms with Crippen LogP contribution < -0.4 is 5.73 Å². The largest absolute Gasteiger partial charge is 0.330 e. The molecule has 1 heteroatoms. The van der Waals surface area contributed by atoms with Gasteiger partial charge in [0, 0.05) is 0 Å². The first kappa shape index (κ1) is 7.07. The Morgan fingerprint density at radius 1 is 1.56 bits per heavy atom. The second kappa shape index (κ2) is 1.98. The predicted octanol–water partition coefficient (Wildman–Crippen LogP) is 1.63. The Kier molecular flexibility index (Phi) is 1.55. The van der Waals surface area contributed by atoms with Crippen molar-refractivity contribution in [3.05, 3.63) is 0 Å². The summed E-state index contributed by atoms with van der Waals surface area (Å²) in [4.78, 5) is 0. The Balaban J connectivity index is 2.48. The van der Waals surface area contributed by atoms with E-state index in [0.29, 0.717) is 5.41 Å². The molecule has 0 amide bonds. The smallest absolute Gasteiger partial charge is 0.00436 e. The van der Waals surface area contributed by atoms with E-state index in [9.17, 15) is 0 Å². The molecule has 0 spiro atoms. The van der Waals surface area contributed by atoms with Crippen LogP contribution in [0.3, 0.4) is 0 Å². The minimum absolute atomic E-state index is 0.523. The third-order valence-electron chi connectivity index (χ3n) is 3.24. The molecule has 0 heterocycles. The minimum Gasteiger partial charge on any atom is -0.330 e. The van der Waals surface area contributed by atoms with Gasteiger partial charge in [0.1, 0.15) is 0 Å². The van der Waals surface area contributed by atoms with Crippen LogP contribution in [0.1, 0.15) is 27.2 Å². The van der Waals surface area contributed by atoms with Crippen molar-refractivity contribution in [1.82, 2.24) is 0 Å². The molecule has 0 saturated heterocycles. The molecule has 0 aromatic carbocycles. The number of rotatable bonds is 1. The van der Waals surface area contributed by atoms with E-state index in [0.717, 1.165) is 18.4 Å². The highest BCUT2D eigenvalue weighted by atomic mass is 14.6. The molecule has 0 radical (unpaired) electrons. The van der Waals surface area contributed by atoms with E-state index < -0.39 is 0 Å². The lowest BCUT2D eigenvalue weighted by molar-refractivity contribution is -0.00105. The van der Waals surface area contributed by atoms with E-state index in [1.807, 2.05) is 0 Å². The van der Waals surface area contributed by atoms with Gasteiger partial charge >= 0.3 is 0 Å². The molecule has 1 fully saturated rings. The lowest BCUT2D eigenvalue weighted by atomic mass is 9.55. The van der Waals surface area contributed by atoms with E-state index in [1.54, 1.807) is 0 Å². The van der Waals surface area contributed by atoms with Gasteiger partial charge in [-0.1, -0.05) is 20.8 Å². The average Bonchev–Trinajstić information content (AvgIpc) is 1.82. The summed E-state index contributed by atoms with van der Waals surface area (Å²) in [6.07, 6.45) is 1.34. The van der Waals surface area contributed by atoms with Crippen LogP contribution in [0, 0.1) is 17.3 Å². The molecule has 1 rings (SSSR count). The molecule has 1 nitrogen and oxygen atoms in total. The Bertz CT molecular complexity index is 107. The Hall–Kier alpha value is -0.0400.